The molecule has 0 radical (unpaired) electrons. The van der Waals surface area contributed by atoms with Gasteiger partial charge in [-0.15, -0.1) is 0 Å². The zero-order chi connectivity index (χ0) is 27.2. The molecule has 2 aromatic rings. The van der Waals surface area contributed by atoms with Crippen LogP contribution in [0.2, 0.25) is 0 Å². The lowest BCUT2D eigenvalue weighted by molar-refractivity contribution is -0.126. The number of methoxy groups -OCH3 is 1. The van der Waals surface area contributed by atoms with Crippen LogP contribution in [0.1, 0.15) is 44.4 Å². The number of amidine groups is 1. The number of piperidine rings is 1. The first-order chi connectivity index (χ1) is 18.1. The summed E-state index contributed by atoms with van der Waals surface area (Å²) in [7, 11) is 3.43. The van der Waals surface area contributed by atoms with E-state index in [9.17, 15) is 19.5 Å². The smallest absolute Gasteiger partial charge is 0.405 e. The quantitative estimate of drug-likeness (QED) is 0.538. The van der Waals surface area contributed by atoms with Gasteiger partial charge in [-0.2, -0.15) is 0 Å². The number of hydrogen-bond acceptors (Lipinski definition) is 6. The number of carbonyl (C=O) groups excluding carboxylic acids is 1. The highest BCUT2D eigenvalue weighted by Crippen LogP contribution is 2.47. The maximum Gasteiger partial charge on any atom is 0.405 e. The minimum Gasteiger partial charge on any atom is -0.497 e. The molecular weight excluding hydrogens is 486 g/mol. The van der Waals surface area contributed by atoms with Gasteiger partial charge in [0, 0.05) is 43.0 Å². The van der Waals surface area contributed by atoms with Crippen LogP contribution in [0.3, 0.4) is 0 Å². The van der Waals surface area contributed by atoms with E-state index in [1.54, 1.807) is 25.4 Å². The highest BCUT2D eigenvalue weighted by Gasteiger charge is 2.50. The number of aromatic amines is 1. The molecule has 1 saturated carbocycles. The second kappa shape index (κ2) is 9.66. The fourth-order valence-corrected chi connectivity index (χ4v) is 6.29. The van der Waals surface area contributed by atoms with E-state index >= 15 is 0 Å². The van der Waals surface area contributed by atoms with Crippen molar-refractivity contribution in [1.29, 1.82) is 0 Å². The Kier molecular flexibility index (Phi) is 6.50. The molecule has 1 saturated heterocycles. The number of ether oxygens (including phenoxy) is 1. The summed E-state index contributed by atoms with van der Waals surface area (Å²) in [5, 5.41) is 11.9. The van der Waals surface area contributed by atoms with Gasteiger partial charge < -0.3 is 29.9 Å². The normalized spacial score (nSPS) is 22.4. The number of pyridine rings is 1. The molecular formula is C28H33N5O5. The second-order valence-corrected chi connectivity index (χ2v) is 10.9. The molecule has 38 heavy (non-hydrogen) atoms. The van der Waals surface area contributed by atoms with Crippen molar-refractivity contribution in [2.75, 3.05) is 25.6 Å². The van der Waals surface area contributed by atoms with Gasteiger partial charge in [-0.25, -0.2) is 9.79 Å². The Morgan fingerprint density at radius 3 is 2.74 bits per heavy atom. The van der Waals surface area contributed by atoms with Gasteiger partial charge in [0.15, 0.2) is 5.84 Å². The molecule has 10 heteroatoms. The number of likely N-dealkylation sites (tertiary alicyclic amines) is 1. The summed E-state index contributed by atoms with van der Waals surface area (Å²) in [5.41, 5.74) is 1.62. The van der Waals surface area contributed by atoms with Crippen LogP contribution in [0, 0.1) is 11.8 Å². The monoisotopic (exact) mass is 519 g/mol. The number of carbonyl (C=O) groups is 2. The van der Waals surface area contributed by atoms with Crippen LogP contribution in [0.15, 0.2) is 52.4 Å². The maximum atomic E-state index is 14.2. The van der Waals surface area contributed by atoms with E-state index < -0.39 is 11.6 Å². The van der Waals surface area contributed by atoms with E-state index in [2.05, 4.69) is 15.3 Å². The lowest BCUT2D eigenvalue weighted by Crippen LogP contribution is -2.46. The number of anilines is 1. The molecule has 1 aromatic heterocycles. The van der Waals surface area contributed by atoms with E-state index in [1.165, 1.54) is 6.07 Å². The van der Waals surface area contributed by atoms with Crippen molar-refractivity contribution in [3.63, 3.8) is 0 Å². The molecule has 200 valence electrons. The SMILES string of the molecule is COc1ccc2c(c1)C(C(=O)N1C[C@@H]3CC[C@@H]1[C@@H]3CC(C)(C)NC(=O)O)=CN=C(c1cccc(=O)[nH]1)N2C. The van der Waals surface area contributed by atoms with E-state index in [0.717, 1.165) is 18.5 Å². The van der Waals surface area contributed by atoms with Crippen molar-refractivity contribution in [3.05, 3.63) is 64.2 Å². The number of benzene rings is 1. The fraction of sp³-hybridized carbons (Fsp3) is 0.429. The van der Waals surface area contributed by atoms with Crippen LogP contribution >= 0.6 is 0 Å². The average molecular weight is 520 g/mol. The van der Waals surface area contributed by atoms with Gasteiger partial charge >= 0.3 is 6.09 Å². The van der Waals surface area contributed by atoms with E-state index in [1.807, 2.05) is 48.9 Å². The Morgan fingerprint density at radius 1 is 1.24 bits per heavy atom. The van der Waals surface area contributed by atoms with E-state index in [0.29, 0.717) is 47.3 Å². The predicted molar refractivity (Wildman–Crippen MR) is 145 cm³/mol. The molecule has 2 amide bonds. The Hall–Kier alpha value is -4.08. The second-order valence-electron chi connectivity index (χ2n) is 10.9. The number of nitrogens with one attached hydrogen (secondary N) is 2. The summed E-state index contributed by atoms with van der Waals surface area (Å²) in [5.74, 6) is 1.56. The largest absolute Gasteiger partial charge is 0.497 e. The number of aromatic nitrogens is 1. The topological polar surface area (TPSA) is 127 Å². The van der Waals surface area contributed by atoms with Gasteiger partial charge in [-0.05, 0) is 69.2 Å². The summed E-state index contributed by atoms with van der Waals surface area (Å²) in [6.07, 6.45) is 3.12. The summed E-state index contributed by atoms with van der Waals surface area (Å²) in [6, 6.07) is 10.5. The van der Waals surface area contributed by atoms with Gasteiger partial charge in [-0.1, -0.05) is 6.07 Å². The fourth-order valence-electron chi connectivity index (χ4n) is 6.29. The molecule has 2 aliphatic heterocycles. The Balaban J connectivity index is 1.51. The van der Waals surface area contributed by atoms with Crippen LogP contribution in [0.5, 0.6) is 5.75 Å². The first-order valence-corrected chi connectivity index (χ1v) is 12.8. The van der Waals surface area contributed by atoms with Crippen molar-refractivity contribution in [2.24, 2.45) is 16.8 Å². The Bertz CT molecular complexity index is 1390. The van der Waals surface area contributed by atoms with Crippen molar-refractivity contribution in [3.8, 4) is 5.75 Å². The van der Waals surface area contributed by atoms with Crippen molar-refractivity contribution in [1.82, 2.24) is 15.2 Å². The molecule has 10 nitrogen and oxygen atoms in total. The number of hydrogen-bond donors (Lipinski definition) is 3. The number of nitrogens with zero attached hydrogens (tertiary/aromatic N) is 3. The van der Waals surface area contributed by atoms with E-state index in [-0.39, 0.29) is 23.4 Å². The molecule has 3 N–H and O–H groups in total. The zero-order valence-corrected chi connectivity index (χ0v) is 22.0. The minimum absolute atomic E-state index is 0.0345. The van der Waals surface area contributed by atoms with Crippen LogP contribution in [0.25, 0.3) is 5.57 Å². The van der Waals surface area contributed by atoms with Crippen LogP contribution in [-0.2, 0) is 4.79 Å². The average Bonchev–Trinajstić information content (AvgIpc) is 3.35. The highest BCUT2D eigenvalue weighted by molar-refractivity contribution is 6.24. The molecule has 0 unspecified atom stereocenters. The van der Waals surface area contributed by atoms with Gasteiger partial charge in [0.25, 0.3) is 5.91 Å². The van der Waals surface area contributed by atoms with Crippen LogP contribution < -0.4 is 20.5 Å². The molecule has 2 fully saturated rings. The van der Waals surface area contributed by atoms with Gasteiger partial charge in [0.2, 0.25) is 5.56 Å². The molecule has 3 aliphatic rings. The number of rotatable bonds is 6. The van der Waals surface area contributed by atoms with Gasteiger partial charge in [0.1, 0.15) is 5.75 Å². The first kappa shape index (κ1) is 25.6. The number of H-pyrrole nitrogens is 1. The standard InChI is InChI=1S/C28H33N5O5/c1-28(2,31-27(36)37)13-19-16-8-10-23(19)33(15-16)26(35)20-14-29-25(21-6-5-7-24(34)30-21)32(3)22-11-9-17(38-4)12-18(20)22/h5-7,9,11-12,14,16,19,23,31H,8,10,13,15H2,1-4H3,(H,30,34)(H,36,37)/t16-,19+,23+/m0/s1. The molecule has 1 aromatic carbocycles. The molecule has 3 atom stereocenters. The predicted octanol–water partition coefficient (Wildman–Crippen LogP) is 3.29. The molecule has 1 aliphatic carbocycles. The Morgan fingerprint density at radius 2 is 2.03 bits per heavy atom. The summed E-state index contributed by atoms with van der Waals surface area (Å²) in [4.78, 5) is 48.8. The number of aliphatic imine (C=N–C) groups is 1. The van der Waals surface area contributed by atoms with Gasteiger partial charge in [-0.3, -0.25) is 9.59 Å². The van der Waals surface area contributed by atoms with Crippen molar-refractivity contribution < 1.29 is 19.4 Å². The number of carboxylic acid groups (broad SMARTS) is 1. The third kappa shape index (κ3) is 4.66. The lowest BCUT2D eigenvalue weighted by Gasteiger charge is -2.32. The van der Waals surface area contributed by atoms with Crippen LogP contribution in [0.4, 0.5) is 10.5 Å². The number of amides is 2. The maximum absolute atomic E-state index is 14.2. The van der Waals surface area contributed by atoms with E-state index in [4.69, 9.17) is 4.74 Å². The molecule has 0 spiro atoms. The zero-order valence-electron chi connectivity index (χ0n) is 22.0. The lowest BCUT2D eigenvalue weighted by atomic mass is 9.85. The number of fused-ring (bicyclic) bond motifs is 3. The third-order valence-corrected chi connectivity index (χ3v) is 7.95. The molecule has 3 heterocycles. The Labute approximate surface area is 221 Å². The summed E-state index contributed by atoms with van der Waals surface area (Å²) < 4.78 is 5.48. The third-order valence-electron chi connectivity index (χ3n) is 7.95. The minimum atomic E-state index is -1.04. The van der Waals surface area contributed by atoms with Crippen molar-refractivity contribution >= 4 is 29.1 Å². The highest BCUT2D eigenvalue weighted by atomic mass is 16.5. The first-order valence-electron chi connectivity index (χ1n) is 12.8. The summed E-state index contributed by atoms with van der Waals surface area (Å²) in [6.45, 7) is 4.41. The van der Waals surface area contributed by atoms with Crippen LogP contribution in [-0.4, -0.2) is 65.1 Å². The molecule has 5 rings (SSSR count). The summed E-state index contributed by atoms with van der Waals surface area (Å²) >= 11 is 0. The van der Waals surface area contributed by atoms with Gasteiger partial charge in [0.05, 0.1) is 24.1 Å². The van der Waals surface area contributed by atoms with Crippen molar-refractivity contribution in [2.45, 2.75) is 44.7 Å². The molecule has 2 bridgehead atoms.